The van der Waals surface area contributed by atoms with Gasteiger partial charge in [-0.2, -0.15) is 0 Å². The number of nitrogens with zero attached hydrogens (tertiary/aromatic N) is 2. The zero-order valence-electron chi connectivity index (χ0n) is 18.7. The summed E-state index contributed by atoms with van der Waals surface area (Å²) in [7, 11) is 0. The fourth-order valence-corrected chi connectivity index (χ4v) is 2.80. The van der Waals surface area contributed by atoms with E-state index in [1.54, 1.807) is 20.0 Å². The van der Waals surface area contributed by atoms with Gasteiger partial charge in [-0.3, -0.25) is 19.4 Å². The Labute approximate surface area is 191 Å². The van der Waals surface area contributed by atoms with Crippen LogP contribution in [-0.2, 0) is 25.6 Å². The van der Waals surface area contributed by atoms with Gasteiger partial charge in [0.1, 0.15) is 12.1 Å². The number of carboxylic acids is 1. The SMILES string of the molecule is CC(C)C(NC(=O)C(N)Cc1cnc[nH]1)C(=O)NCC(=O)NC(CCCN=C(N)N)C(=O)O. The van der Waals surface area contributed by atoms with Gasteiger partial charge >= 0.3 is 5.97 Å². The summed E-state index contributed by atoms with van der Waals surface area (Å²) in [5, 5.41) is 16.6. The van der Waals surface area contributed by atoms with E-state index >= 15 is 0 Å². The number of nitrogens with one attached hydrogen (secondary N) is 4. The molecule has 0 bridgehead atoms. The van der Waals surface area contributed by atoms with Crippen LogP contribution in [0.2, 0.25) is 0 Å². The van der Waals surface area contributed by atoms with Crippen LogP contribution in [-0.4, -0.2) is 75.9 Å². The fraction of sp³-hybridized carbons (Fsp3) is 0.579. The van der Waals surface area contributed by atoms with Gasteiger partial charge in [0.15, 0.2) is 5.96 Å². The lowest BCUT2D eigenvalue weighted by molar-refractivity contribution is -0.142. The molecule has 1 rings (SSSR count). The van der Waals surface area contributed by atoms with Gasteiger partial charge in [0, 0.05) is 24.9 Å². The highest BCUT2D eigenvalue weighted by atomic mass is 16.4. The number of imidazole rings is 1. The number of aliphatic carboxylic acids is 1. The van der Waals surface area contributed by atoms with Crippen molar-refractivity contribution in [2.24, 2.45) is 28.1 Å². The van der Waals surface area contributed by atoms with E-state index in [0.29, 0.717) is 12.1 Å². The molecule has 0 fully saturated rings. The van der Waals surface area contributed by atoms with E-state index < -0.39 is 48.4 Å². The normalized spacial score (nSPS) is 13.5. The first-order chi connectivity index (χ1) is 15.5. The van der Waals surface area contributed by atoms with Crippen LogP contribution in [0.5, 0.6) is 0 Å². The van der Waals surface area contributed by atoms with Crippen LogP contribution in [0.1, 0.15) is 32.4 Å². The minimum atomic E-state index is -1.22. The van der Waals surface area contributed by atoms with Crippen molar-refractivity contribution in [2.75, 3.05) is 13.1 Å². The van der Waals surface area contributed by atoms with Gasteiger partial charge in [0.2, 0.25) is 17.7 Å². The van der Waals surface area contributed by atoms with Crippen molar-refractivity contribution in [1.82, 2.24) is 25.9 Å². The lowest BCUT2D eigenvalue weighted by Crippen LogP contribution is -2.55. The second kappa shape index (κ2) is 13.7. The Morgan fingerprint density at radius 2 is 1.88 bits per heavy atom. The summed E-state index contributed by atoms with van der Waals surface area (Å²) in [5.41, 5.74) is 17.0. The first-order valence-corrected chi connectivity index (χ1v) is 10.4. The van der Waals surface area contributed by atoms with Gasteiger partial charge in [0.05, 0.1) is 18.9 Å². The molecule has 184 valence electrons. The van der Waals surface area contributed by atoms with E-state index in [0.717, 1.165) is 0 Å². The second-order valence-electron chi connectivity index (χ2n) is 7.74. The third-order valence-corrected chi connectivity index (χ3v) is 4.58. The van der Waals surface area contributed by atoms with Gasteiger partial charge < -0.3 is 43.2 Å². The fourth-order valence-electron chi connectivity index (χ4n) is 2.80. The molecule has 0 aromatic carbocycles. The van der Waals surface area contributed by atoms with E-state index in [9.17, 15) is 24.3 Å². The average Bonchev–Trinajstić information content (AvgIpc) is 3.24. The predicted molar refractivity (Wildman–Crippen MR) is 120 cm³/mol. The highest BCUT2D eigenvalue weighted by Crippen LogP contribution is 2.04. The van der Waals surface area contributed by atoms with Crippen molar-refractivity contribution >= 4 is 29.7 Å². The Morgan fingerprint density at radius 1 is 1.18 bits per heavy atom. The molecule has 0 spiro atoms. The summed E-state index contributed by atoms with van der Waals surface area (Å²) < 4.78 is 0. The van der Waals surface area contributed by atoms with Crippen LogP contribution in [0, 0.1) is 5.92 Å². The number of nitrogens with two attached hydrogens (primary N) is 3. The summed E-state index contributed by atoms with van der Waals surface area (Å²) in [6.45, 7) is 3.21. The molecule has 33 heavy (non-hydrogen) atoms. The molecule has 14 heteroatoms. The zero-order chi connectivity index (χ0) is 25.0. The molecule has 1 aromatic rings. The maximum atomic E-state index is 12.5. The van der Waals surface area contributed by atoms with Gasteiger partial charge in [-0.15, -0.1) is 0 Å². The van der Waals surface area contributed by atoms with Crippen molar-refractivity contribution in [2.45, 2.75) is 51.2 Å². The second-order valence-corrected chi connectivity index (χ2v) is 7.74. The van der Waals surface area contributed by atoms with Crippen molar-refractivity contribution < 1.29 is 24.3 Å². The van der Waals surface area contributed by atoms with E-state index in [4.69, 9.17) is 17.2 Å². The summed E-state index contributed by atoms with van der Waals surface area (Å²) in [4.78, 5) is 58.9. The summed E-state index contributed by atoms with van der Waals surface area (Å²) in [6.07, 6.45) is 3.66. The number of aliphatic imine (C=N–C) groups is 1. The van der Waals surface area contributed by atoms with E-state index in [2.05, 4.69) is 30.9 Å². The van der Waals surface area contributed by atoms with Crippen LogP contribution in [0.15, 0.2) is 17.5 Å². The quantitative estimate of drug-likeness (QED) is 0.0796. The third kappa shape index (κ3) is 10.5. The van der Waals surface area contributed by atoms with Crippen molar-refractivity contribution in [3.8, 4) is 0 Å². The van der Waals surface area contributed by atoms with Gasteiger partial charge in [-0.05, 0) is 18.8 Å². The Balaban J connectivity index is 2.55. The van der Waals surface area contributed by atoms with Crippen molar-refractivity contribution in [3.63, 3.8) is 0 Å². The number of aromatic nitrogens is 2. The number of hydrogen-bond acceptors (Lipinski definition) is 7. The van der Waals surface area contributed by atoms with Crippen LogP contribution in [0.25, 0.3) is 0 Å². The molecular weight excluding hydrogens is 434 g/mol. The molecule has 3 atom stereocenters. The molecule has 0 saturated carbocycles. The molecule has 1 aromatic heterocycles. The van der Waals surface area contributed by atoms with Crippen LogP contribution >= 0.6 is 0 Å². The molecule has 11 N–H and O–H groups in total. The van der Waals surface area contributed by atoms with Gasteiger partial charge in [0.25, 0.3) is 0 Å². The number of carboxylic acid groups (broad SMARTS) is 1. The average molecular weight is 468 g/mol. The Morgan fingerprint density at radius 3 is 2.42 bits per heavy atom. The minimum Gasteiger partial charge on any atom is -0.480 e. The van der Waals surface area contributed by atoms with Gasteiger partial charge in [-0.1, -0.05) is 13.8 Å². The smallest absolute Gasteiger partial charge is 0.326 e. The number of aromatic amines is 1. The van der Waals surface area contributed by atoms with E-state index in [1.165, 1.54) is 6.33 Å². The highest BCUT2D eigenvalue weighted by Gasteiger charge is 2.27. The Hall–Kier alpha value is -3.68. The van der Waals surface area contributed by atoms with E-state index in [-0.39, 0.29) is 31.3 Å². The summed E-state index contributed by atoms with van der Waals surface area (Å²) in [5.74, 6) is -3.45. The number of hydrogen-bond donors (Lipinski definition) is 8. The monoisotopic (exact) mass is 467 g/mol. The lowest BCUT2D eigenvalue weighted by atomic mass is 10.0. The third-order valence-electron chi connectivity index (χ3n) is 4.58. The van der Waals surface area contributed by atoms with Crippen molar-refractivity contribution in [3.05, 3.63) is 18.2 Å². The standard InChI is InChI=1S/C19H33N9O5/c1-10(2)15(28-16(30)12(20)6-11-7-23-9-26-11)17(31)25-8-14(29)27-13(18(32)33)4-3-5-24-19(21)22/h7,9-10,12-13,15H,3-6,8,20H2,1-2H3,(H,23,26)(H,25,31)(H,27,29)(H,28,30)(H,32,33)(H4,21,22,24). The number of carbonyl (C=O) groups excluding carboxylic acids is 3. The van der Waals surface area contributed by atoms with Gasteiger partial charge in [-0.25, -0.2) is 9.78 Å². The van der Waals surface area contributed by atoms with Crippen LogP contribution in [0.3, 0.4) is 0 Å². The summed E-state index contributed by atoms with van der Waals surface area (Å²) >= 11 is 0. The molecule has 3 amide bonds. The van der Waals surface area contributed by atoms with Crippen LogP contribution in [0.4, 0.5) is 0 Å². The molecule has 0 saturated heterocycles. The molecule has 0 radical (unpaired) electrons. The van der Waals surface area contributed by atoms with Crippen LogP contribution < -0.4 is 33.2 Å². The molecule has 0 aliphatic carbocycles. The largest absolute Gasteiger partial charge is 0.480 e. The molecule has 1 heterocycles. The molecule has 3 unspecified atom stereocenters. The maximum Gasteiger partial charge on any atom is 0.326 e. The Kier molecular flexibility index (Phi) is 11.3. The number of rotatable bonds is 14. The van der Waals surface area contributed by atoms with Crippen molar-refractivity contribution in [1.29, 1.82) is 0 Å². The number of H-pyrrole nitrogens is 1. The lowest BCUT2D eigenvalue weighted by Gasteiger charge is -2.23. The predicted octanol–water partition coefficient (Wildman–Crippen LogP) is -2.84. The Bertz CT molecular complexity index is 822. The number of guanidine groups is 1. The number of amides is 3. The first-order valence-electron chi connectivity index (χ1n) is 10.4. The number of carbonyl (C=O) groups is 4. The highest BCUT2D eigenvalue weighted by molar-refractivity contribution is 5.92. The topological polar surface area (TPSA) is 244 Å². The first kappa shape index (κ1) is 27.4. The molecular formula is C19H33N9O5. The zero-order valence-corrected chi connectivity index (χ0v) is 18.7. The minimum absolute atomic E-state index is 0.102. The molecule has 14 nitrogen and oxygen atoms in total. The maximum absolute atomic E-state index is 12.5. The molecule has 0 aliphatic rings. The molecule has 0 aliphatic heterocycles. The summed E-state index contributed by atoms with van der Waals surface area (Å²) in [6, 6.07) is -3.00. The van der Waals surface area contributed by atoms with E-state index in [1.807, 2.05) is 0 Å².